The van der Waals surface area contributed by atoms with Crippen LogP contribution in [-0.2, 0) is 13.1 Å². The van der Waals surface area contributed by atoms with E-state index in [1.165, 1.54) is 22.3 Å². The van der Waals surface area contributed by atoms with Gasteiger partial charge in [-0.1, -0.05) is 12.1 Å². The smallest absolute Gasteiger partial charge is 0.115 e. The summed E-state index contributed by atoms with van der Waals surface area (Å²) >= 11 is 0. The number of nitrogens with zero attached hydrogens (tertiary/aromatic N) is 5. The lowest BCUT2D eigenvalue weighted by Gasteiger charge is -2.33. The molecule has 0 N–H and O–H groups in total. The van der Waals surface area contributed by atoms with Crippen LogP contribution in [0.25, 0.3) is 0 Å². The Labute approximate surface area is 164 Å². The van der Waals surface area contributed by atoms with Gasteiger partial charge in [-0.25, -0.2) is 9.97 Å². The summed E-state index contributed by atoms with van der Waals surface area (Å²) in [7, 11) is 4.38. The maximum absolute atomic E-state index is 4.42. The molecule has 0 radical (unpaired) electrons. The zero-order chi connectivity index (χ0) is 19.4. The third-order valence-electron chi connectivity index (χ3n) is 5.90. The van der Waals surface area contributed by atoms with Crippen LogP contribution in [0.5, 0.6) is 0 Å². The summed E-state index contributed by atoms with van der Waals surface area (Å²) in [4.78, 5) is 15.8. The van der Waals surface area contributed by atoms with E-state index in [2.05, 4.69) is 71.7 Å². The zero-order valence-electron chi connectivity index (χ0n) is 17.4. The molecule has 2 heterocycles. The van der Waals surface area contributed by atoms with Crippen LogP contribution in [0.15, 0.2) is 30.7 Å². The minimum Gasteiger partial charge on any atom is -0.304 e. The van der Waals surface area contributed by atoms with Crippen molar-refractivity contribution in [2.24, 2.45) is 0 Å². The Morgan fingerprint density at radius 3 is 2.44 bits per heavy atom. The van der Waals surface area contributed by atoms with Crippen molar-refractivity contribution in [1.82, 2.24) is 24.7 Å². The Bertz CT molecular complexity index is 738. The first kappa shape index (κ1) is 19.9. The summed E-state index contributed by atoms with van der Waals surface area (Å²) in [5.41, 5.74) is 6.71. The molecule has 0 amide bonds. The number of likely N-dealkylation sites (N-methyl/N-ethyl adjacent to an activating group) is 1. The summed E-state index contributed by atoms with van der Waals surface area (Å²) in [5.74, 6) is 0. The molecular weight excluding hydrogens is 334 g/mol. The van der Waals surface area contributed by atoms with E-state index in [-0.39, 0.29) is 6.04 Å². The number of hydrogen-bond acceptors (Lipinski definition) is 5. The Balaban J connectivity index is 1.71. The van der Waals surface area contributed by atoms with Crippen molar-refractivity contribution in [2.45, 2.75) is 39.9 Å². The van der Waals surface area contributed by atoms with Gasteiger partial charge >= 0.3 is 0 Å². The first-order valence-corrected chi connectivity index (χ1v) is 9.90. The van der Waals surface area contributed by atoms with E-state index in [0.717, 1.165) is 45.0 Å². The minimum absolute atomic E-state index is 0.259. The van der Waals surface area contributed by atoms with Gasteiger partial charge in [-0.2, -0.15) is 0 Å². The molecular formula is C22H33N5. The first-order chi connectivity index (χ1) is 12.9. The lowest BCUT2D eigenvalue weighted by Crippen LogP contribution is -2.44. The molecule has 1 atom stereocenters. The molecule has 0 bridgehead atoms. The molecule has 1 aliphatic heterocycles. The molecule has 0 aliphatic carbocycles. The van der Waals surface area contributed by atoms with Crippen LogP contribution in [0.1, 0.15) is 40.9 Å². The van der Waals surface area contributed by atoms with Gasteiger partial charge in [0.15, 0.2) is 0 Å². The van der Waals surface area contributed by atoms with E-state index >= 15 is 0 Å². The minimum atomic E-state index is 0.259. The lowest BCUT2D eigenvalue weighted by atomic mass is 9.98. The fourth-order valence-electron chi connectivity index (χ4n) is 3.72. The lowest BCUT2D eigenvalue weighted by molar-refractivity contribution is 0.148. The third kappa shape index (κ3) is 5.12. The van der Waals surface area contributed by atoms with Crippen LogP contribution in [0.3, 0.4) is 0 Å². The molecule has 0 saturated carbocycles. The normalized spacial score (nSPS) is 17.4. The van der Waals surface area contributed by atoms with Crippen LogP contribution >= 0.6 is 0 Å². The molecule has 1 saturated heterocycles. The highest BCUT2D eigenvalue weighted by atomic mass is 15.2. The van der Waals surface area contributed by atoms with Gasteiger partial charge in [0.1, 0.15) is 6.33 Å². The van der Waals surface area contributed by atoms with Crippen molar-refractivity contribution >= 4 is 0 Å². The fourth-order valence-corrected chi connectivity index (χ4v) is 3.72. The molecule has 0 spiro atoms. The average molecular weight is 368 g/mol. The zero-order valence-corrected chi connectivity index (χ0v) is 17.4. The number of aromatic nitrogens is 2. The maximum Gasteiger partial charge on any atom is 0.115 e. The van der Waals surface area contributed by atoms with E-state index in [1.54, 1.807) is 6.33 Å². The highest BCUT2D eigenvalue weighted by molar-refractivity contribution is 5.37. The number of rotatable bonds is 6. The molecule has 1 aromatic carbocycles. The van der Waals surface area contributed by atoms with E-state index in [9.17, 15) is 0 Å². The van der Waals surface area contributed by atoms with Gasteiger partial charge in [0, 0.05) is 51.5 Å². The fraction of sp³-hybridized carbons (Fsp3) is 0.545. The Hall–Kier alpha value is -1.82. The summed E-state index contributed by atoms with van der Waals surface area (Å²) in [5, 5.41) is 0. The average Bonchev–Trinajstić information content (AvgIpc) is 2.67. The molecule has 1 fully saturated rings. The molecule has 27 heavy (non-hydrogen) atoms. The molecule has 3 rings (SSSR count). The van der Waals surface area contributed by atoms with Gasteiger partial charge < -0.3 is 4.90 Å². The van der Waals surface area contributed by atoms with Crippen molar-refractivity contribution in [2.75, 3.05) is 40.3 Å². The predicted molar refractivity (Wildman–Crippen MR) is 111 cm³/mol. The van der Waals surface area contributed by atoms with E-state index in [1.807, 2.05) is 12.3 Å². The van der Waals surface area contributed by atoms with Crippen molar-refractivity contribution in [3.8, 4) is 0 Å². The maximum atomic E-state index is 4.42. The van der Waals surface area contributed by atoms with E-state index < -0.39 is 0 Å². The molecule has 1 unspecified atom stereocenters. The summed E-state index contributed by atoms with van der Waals surface area (Å²) in [6, 6.07) is 7.03. The Morgan fingerprint density at radius 2 is 1.78 bits per heavy atom. The van der Waals surface area contributed by atoms with Gasteiger partial charge in [0.25, 0.3) is 0 Å². The van der Waals surface area contributed by atoms with Crippen LogP contribution < -0.4 is 0 Å². The highest BCUT2D eigenvalue weighted by Crippen LogP contribution is 2.23. The number of piperazine rings is 1. The monoisotopic (exact) mass is 367 g/mol. The number of hydrogen-bond donors (Lipinski definition) is 0. The van der Waals surface area contributed by atoms with E-state index in [0.29, 0.717) is 0 Å². The van der Waals surface area contributed by atoms with Gasteiger partial charge in [0.05, 0.1) is 5.69 Å². The Morgan fingerprint density at radius 1 is 1.07 bits per heavy atom. The number of benzene rings is 1. The summed E-state index contributed by atoms with van der Waals surface area (Å²) < 4.78 is 0. The molecule has 1 aliphatic rings. The Kier molecular flexibility index (Phi) is 6.58. The van der Waals surface area contributed by atoms with Crippen LogP contribution in [0.4, 0.5) is 0 Å². The second-order valence-electron chi connectivity index (χ2n) is 8.01. The second kappa shape index (κ2) is 8.91. The number of aryl methyl sites for hydroxylation is 2. The molecule has 146 valence electrons. The van der Waals surface area contributed by atoms with Crippen LogP contribution in [0, 0.1) is 13.8 Å². The largest absolute Gasteiger partial charge is 0.304 e. The topological polar surface area (TPSA) is 35.5 Å². The molecule has 5 heteroatoms. The summed E-state index contributed by atoms with van der Waals surface area (Å²) in [6.45, 7) is 13.3. The van der Waals surface area contributed by atoms with Crippen LogP contribution in [-0.4, -0.2) is 64.9 Å². The van der Waals surface area contributed by atoms with Crippen molar-refractivity contribution < 1.29 is 0 Å². The highest BCUT2D eigenvalue weighted by Gasteiger charge is 2.17. The standard InChI is InChI=1S/C22H33N5/c1-17-12-18(2)21(15-27-10-8-25(4)9-11-27)13-20(17)14-26(5)19(3)22-6-7-23-16-24-22/h6-7,12-13,16,19H,8-11,14-15H2,1-5H3. The van der Waals surface area contributed by atoms with Gasteiger partial charge in [0.2, 0.25) is 0 Å². The molecule has 2 aromatic rings. The molecule has 1 aromatic heterocycles. The van der Waals surface area contributed by atoms with Crippen LogP contribution in [0.2, 0.25) is 0 Å². The summed E-state index contributed by atoms with van der Waals surface area (Å²) in [6.07, 6.45) is 3.45. The quantitative estimate of drug-likeness (QED) is 0.784. The second-order valence-corrected chi connectivity index (χ2v) is 8.01. The van der Waals surface area contributed by atoms with Gasteiger partial charge in [-0.05, 0) is 63.2 Å². The SMILES string of the molecule is Cc1cc(C)c(CN(C)C(C)c2ccncn2)cc1CN1CCN(C)CC1. The van der Waals surface area contributed by atoms with Gasteiger partial charge in [-0.3, -0.25) is 9.80 Å². The van der Waals surface area contributed by atoms with E-state index in [4.69, 9.17) is 0 Å². The van der Waals surface area contributed by atoms with Crippen molar-refractivity contribution in [3.63, 3.8) is 0 Å². The van der Waals surface area contributed by atoms with Crippen molar-refractivity contribution in [1.29, 1.82) is 0 Å². The predicted octanol–water partition coefficient (Wildman–Crippen LogP) is 3.03. The van der Waals surface area contributed by atoms with Gasteiger partial charge in [-0.15, -0.1) is 0 Å². The third-order valence-corrected chi connectivity index (χ3v) is 5.90. The first-order valence-electron chi connectivity index (χ1n) is 9.90. The molecule has 5 nitrogen and oxygen atoms in total. The van der Waals surface area contributed by atoms with Crippen molar-refractivity contribution in [3.05, 3.63) is 58.7 Å².